The molecule has 4 rings (SSSR count). The highest BCUT2D eigenvalue weighted by Crippen LogP contribution is 2.31. The molecule has 1 aliphatic rings. The number of amides is 1. The van der Waals surface area contributed by atoms with Gasteiger partial charge in [0.15, 0.2) is 0 Å². The number of pyridine rings is 1. The first-order chi connectivity index (χ1) is 15.2. The molecular formula is C25H28FN5O. The van der Waals surface area contributed by atoms with Crippen molar-refractivity contribution in [1.82, 2.24) is 19.9 Å². The fourth-order valence-corrected chi connectivity index (χ4v) is 3.87. The Morgan fingerprint density at radius 2 is 1.94 bits per heavy atom. The highest BCUT2D eigenvalue weighted by Gasteiger charge is 2.31. The summed E-state index contributed by atoms with van der Waals surface area (Å²) in [6.07, 6.45) is 3.12. The van der Waals surface area contributed by atoms with E-state index in [2.05, 4.69) is 41.0 Å². The first-order valence-corrected chi connectivity index (χ1v) is 10.8. The van der Waals surface area contributed by atoms with Crippen LogP contribution in [-0.2, 0) is 12.0 Å². The van der Waals surface area contributed by atoms with Crippen molar-refractivity contribution in [3.05, 3.63) is 71.2 Å². The Morgan fingerprint density at radius 3 is 2.62 bits per heavy atom. The van der Waals surface area contributed by atoms with Crippen molar-refractivity contribution in [1.29, 1.82) is 0 Å². The van der Waals surface area contributed by atoms with Gasteiger partial charge >= 0.3 is 0 Å². The average Bonchev–Trinajstić information content (AvgIpc) is 3.10. The quantitative estimate of drug-likeness (QED) is 0.604. The van der Waals surface area contributed by atoms with E-state index in [1.54, 1.807) is 23.2 Å². The van der Waals surface area contributed by atoms with Gasteiger partial charge in [0.25, 0.3) is 5.91 Å². The van der Waals surface area contributed by atoms with Crippen molar-refractivity contribution in [3.8, 4) is 11.1 Å². The van der Waals surface area contributed by atoms with Crippen molar-refractivity contribution < 1.29 is 9.18 Å². The lowest BCUT2D eigenvalue weighted by molar-refractivity contribution is 0.0783. The number of hydrogen-bond donors (Lipinski definition) is 1. The van der Waals surface area contributed by atoms with E-state index < -0.39 is 0 Å². The van der Waals surface area contributed by atoms with Crippen LogP contribution in [-0.4, -0.2) is 32.3 Å². The molecule has 2 aromatic heterocycles. The molecule has 0 saturated carbocycles. The molecule has 1 N–H and O–H groups in total. The first-order valence-electron chi connectivity index (χ1n) is 10.8. The summed E-state index contributed by atoms with van der Waals surface area (Å²) in [5, 5.41) is 3.33. The molecule has 0 unspecified atom stereocenters. The average molecular weight is 434 g/mol. The smallest absolute Gasteiger partial charge is 0.273 e. The van der Waals surface area contributed by atoms with Crippen LogP contribution in [0.4, 0.5) is 10.2 Å². The zero-order valence-electron chi connectivity index (χ0n) is 19.1. The first kappa shape index (κ1) is 21.9. The van der Waals surface area contributed by atoms with Gasteiger partial charge in [0.05, 0.1) is 12.6 Å². The zero-order chi connectivity index (χ0) is 23.0. The summed E-state index contributed by atoms with van der Waals surface area (Å²) in [7, 11) is 0. The lowest BCUT2D eigenvalue weighted by Crippen LogP contribution is -2.23. The third-order valence-corrected chi connectivity index (χ3v) is 5.85. The Balaban J connectivity index is 1.58. The predicted octanol–water partition coefficient (Wildman–Crippen LogP) is 5.12. The fourth-order valence-electron chi connectivity index (χ4n) is 3.87. The summed E-state index contributed by atoms with van der Waals surface area (Å²) in [5.41, 5.74) is 4.17. The number of fused-ring (bicyclic) bond motifs is 1. The lowest BCUT2D eigenvalue weighted by atomic mass is 9.89. The third-order valence-electron chi connectivity index (χ3n) is 5.85. The van der Waals surface area contributed by atoms with Crippen LogP contribution in [0.3, 0.4) is 0 Å². The minimum atomic E-state index is -0.289. The van der Waals surface area contributed by atoms with E-state index in [9.17, 15) is 4.79 Å². The highest BCUT2D eigenvalue weighted by atomic mass is 19.1. The molecule has 0 spiro atoms. The van der Waals surface area contributed by atoms with Gasteiger partial charge in [0.1, 0.15) is 23.7 Å². The SMILES string of the molecule is CCN1Cc2c(N[C@@H](C)c3ccc(-c4ccnc(C(C)(C)C)c4)c(F)c3)ncnc2C1=O. The molecule has 0 radical (unpaired) electrons. The summed E-state index contributed by atoms with van der Waals surface area (Å²) in [6, 6.07) is 8.84. The van der Waals surface area contributed by atoms with Gasteiger partial charge in [0, 0.05) is 35.0 Å². The van der Waals surface area contributed by atoms with Gasteiger partial charge in [-0.15, -0.1) is 0 Å². The number of hydrogen-bond acceptors (Lipinski definition) is 5. The van der Waals surface area contributed by atoms with Crippen LogP contribution in [0.2, 0.25) is 0 Å². The third kappa shape index (κ3) is 4.07. The number of nitrogens with zero attached hydrogens (tertiary/aromatic N) is 4. The van der Waals surface area contributed by atoms with Crippen molar-refractivity contribution >= 4 is 11.7 Å². The number of halogens is 1. The van der Waals surface area contributed by atoms with Crippen LogP contribution in [0, 0.1) is 5.82 Å². The van der Waals surface area contributed by atoms with Crippen LogP contribution >= 0.6 is 0 Å². The number of carbonyl (C=O) groups excluding carboxylic acids is 1. The molecule has 1 amide bonds. The van der Waals surface area contributed by atoms with Crippen LogP contribution in [0.5, 0.6) is 0 Å². The van der Waals surface area contributed by atoms with Crippen molar-refractivity contribution in [2.45, 2.75) is 52.6 Å². The molecule has 3 heterocycles. The molecule has 0 bridgehead atoms. The Kier molecular flexibility index (Phi) is 5.67. The number of anilines is 1. The van der Waals surface area contributed by atoms with Gasteiger partial charge < -0.3 is 10.2 Å². The number of rotatable bonds is 5. The fraction of sp³-hybridized carbons (Fsp3) is 0.360. The van der Waals surface area contributed by atoms with E-state index in [-0.39, 0.29) is 23.2 Å². The number of carbonyl (C=O) groups is 1. The molecule has 6 nitrogen and oxygen atoms in total. The molecule has 166 valence electrons. The maximum Gasteiger partial charge on any atom is 0.273 e. The summed E-state index contributed by atoms with van der Waals surface area (Å²) in [5.74, 6) is 0.241. The summed E-state index contributed by atoms with van der Waals surface area (Å²) in [6.45, 7) is 11.2. The second-order valence-corrected chi connectivity index (χ2v) is 9.15. The van der Waals surface area contributed by atoms with Crippen molar-refractivity contribution in [3.63, 3.8) is 0 Å². The van der Waals surface area contributed by atoms with E-state index in [4.69, 9.17) is 0 Å². The Hall–Kier alpha value is -3.35. The minimum Gasteiger partial charge on any atom is -0.363 e. The molecule has 1 aliphatic heterocycles. The van der Waals surface area contributed by atoms with Crippen LogP contribution in [0.15, 0.2) is 42.9 Å². The number of aromatic nitrogens is 3. The van der Waals surface area contributed by atoms with Gasteiger partial charge in [-0.05, 0) is 43.2 Å². The topological polar surface area (TPSA) is 71.0 Å². The Bertz CT molecular complexity index is 1170. The van der Waals surface area contributed by atoms with Crippen molar-refractivity contribution in [2.75, 3.05) is 11.9 Å². The van der Waals surface area contributed by atoms with Crippen molar-refractivity contribution in [2.24, 2.45) is 0 Å². The van der Waals surface area contributed by atoms with E-state index in [0.29, 0.717) is 30.2 Å². The maximum absolute atomic E-state index is 15.1. The molecule has 0 fully saturated rings. The van der Waals surface area contributed by atoms with Gasteiger partial charge in [0.2, 0.25) is 0 Å². The number of nitrogens with one attached hydrogen (secondary N) is 1. The maximum atomic E-state index is 15.1. The highest BCUT2D eigenvalue weighted by molar-refractivity contribution is 5.97. The molecular weight excluding hydrogens is 405 g/mol. The normalized spacial score (nSPS) is 14.4. The molecule has 0 aliphatic carbocycles. The van der Waals surface area contributed by atoms with E-state index in [1.807, 2.05) is 32.0 Å². The van der Waals surface area contributed by atoms with Gasteiger partial charge in [-0.3, -0.25) is 9.78 Å². The second-order valence-electron chi connectivity index (χ2n) is 9.15. The molecule has 1 aromatic carbocycles. The second kappa shape index (κ2) is 8.30. The molecule has 32 heavy (non-hydrogen) atoms. The van der Waals surface area contributed by atoms with E-state index >= 15 is 4.39 Å². The standard InChI is InChI=1S/C25H28FN5O/c1-6-31-13-19-22(24(31)32)28-14-29-23(19)30-15(2)16-7-8-18(20(26)11-16)17-9-10-27-21(12-17)25(3,4)5/h7-12,14-15H,6,13H2,1-5H3,(H,28,29,30)/t15-/m0/s1. The predicted molar refractivity (Wildman–Crippen MR) is 123 cm³/mol. The molecule has 0 saturated heterocycles. The van der Waals surface area contributed by atoms with Crippen LogP contribution in [0.25, 0.3) is 11.1 Å². The summed E-state index contributed by atoms with van der Waals surface area (Å²) >= 11 is 0. The van der Waals surface area contributed by atoms with Gasteiger partial charge in [-0.1, -0.05) is 32.9 Å². The molecule has 3 aromatic rings. The van der Waals surface area contributed by atoms with E-state index in [0.717, 1.165) is 22.4 Å². The van der Waals surface area contributed by atoms with Crippen LogP contribution in [0.1, 0.15) is 68.0 Å². The molecule has 7 heteroatoms. The zero-order valence-corrected chi connectivity index (χ0v) is 19.1. The summed E-state index contributed by atoms with van der Waals surface area (Å²) in [4.78, 5) is 27.0. The Labute approximate surface area is 187 Å². The Morgan fingerprint density at radius 1 is 1.16 bits per heavy atom. The largest absolute Gasteiger partial charge is 0.363 e. The number of benzene rings is 1. The van der Waals surface area contributed by atoms with E-state index in [1.165, 1.54) is 6.33 Å². The van der Waals surface area contributed by atoms with Gasteiger partial charge in [-0.2, -0.15) is 0 Å². The molecule has 1 atom stereocenters. The van der Waals surface area contributed by atoms with Crippen LogP contribution < -0.4 is 5.32 Å². The lowest BCUT2D eigenvalue weighted by Gasteiger charge is -2.19. The van der Waals surface area contributed by atoms with Gasteiger partial charge in [-0.25, -0.2) is 14.4 Å². The minimum absolute atomic E-state index is 0.0806. The monoisotopic (exact) mass is 433 g/mol. The summed E-state index contributed by atoms with van der Waals surface area (Å²) < 4.78 is 15.1.